The highest BCUT2D eigenvalue weighted by Crippen LogP contribution is 2.10. The van der Waals surface area contributed by atoms with Crippen LogP contribution in [0.25, 0.3) is 5.82 Å². The minimum absolute atomic E-state index is 0.260. The second-order valence-corrected chi connectivity index (χ2v) is 4.55. The lowest BCUT2D eigenvalue weighted by atomic mass is 10.2. The van der Waals surface area contributed by atoms with Gasteiger partial charge in [0, 0.05) is 11.8 Å². The van der Waals surface area contributed by atoms with Gasteiger partial charge in [0.25, 0.3) is 5.91 Å². The molecule has 110 valence electrons. The number of aromatic nitrogens is 3. The second kappa shape index (κ2) is 5.65. The van der Waals surface area contributed by atoms with Crippen LogP contribution in [0.15, 0.2) is 61.3 Å². The van der Waals surface area contributed by atoms with E-state index in [4.69, 9.17) is 0 Å². The van der Waals surface area contributed by atoms with Crippen LogP contribution in [0.4, 0.5) is 10.1 Å². The molecule has 0 saturated carbocycles. The zero-order valence-corrected chi connectivity index (χ0v) is 11.3. The van der Waals surface area contributed by atoms with E-state index in [1.807, 2.05) is 0 Å². The van der Waals surface area contributed by atoms with Gasteiger partial charge in [0.2, 0.25) is 0 Å². The van der Waals surface area contributed by atoms with Crippen LogP contribution in [0.1, 0.15) is 10.4 Å². The van der Waals surface area contributed by atoms with Crippen LogP contribution in [0.3, 0.4) is 0 Å². The summed E-state index contributed by atoms with van der Waals surface area (Å²) in [6.45, 7) is 0. The van der Waals surface area contributed by atoms with Crippen molar-refractivity contribution < 1.29 is 19.1 Å². The minimum Gasteiger partial charge on any atom is -0.350 e. The first-order valence-electron chi connectivity index (χ1n) is 6.44. The number of hydrogen-bond acceptors (Lipinski definition) is 3. The van der Waals surface area contributed by atoms with Gasteiger partial charge in [-0.05, 0) is 30.3 Å². The molecule has 7 heteroatoms. The van der Waals surface area contributed by atoms with Crippen molar-refractivity contribution in [3.8, 4) is 5.82 Å². The highest BCUT2D eigenvalue weighted by molar-refractivity contribution is 6.03. The Morgan fingerprint density at radius 2 is 2.00 bits per heavy atom. The molecule has 1 amide bonds. The number of imidazole rings is 1. The summed E-state index contributed by atoms with van der Waals surface area (Å²) < 4.78 is 15.3. The predicted molar refractivity (Wildman–Crippen MR) is 75.3 cm³/mol. The molecule has 0 spiro atoms. The summed E-state index contributed by atoms with van der Waals surface area (Å²) >= 11 is 0. The number of carbonyl (C=O) groups excluding carboxylic acids is 1. The van der Waals surface area contributed by atoms with Crippen molar-refractivity contribution in [2.24, 2.45) is 0 Å². The largest absolute Gasteiger partial charge is 0.350 e. The zero-order valence-electron chi connectivity index (χ0n) is 11.3. The first kappa shape index (κ1) is 13.7. The molecule has 0 bridgehead atoms. The molecule has 0 aliphatic heterocycles. The van der Waals surface area contributed by atoms with Gasteiger partial charge >= 0.3 is 5.82 Å². The summed E-state index contributed by atoms with van der Waals surface area (Å²) in [6, 6.07) is 8.58. The Bertz CT molecular complexity index is 801. The Hall–Kier alpha value is -3.22. The average molecular weight is 299 g/mol. The number of nitrogens with zero attached hydrogens (tertiary/aromatic N) is 3. The lowest BCUT2D eigenvalue weighted by molar-refractivity contribution is -0.899. The maximum Gasteiger partial charge on any atom is 0.326 e. The molecule has 3 aromatic rings. The third-order valence-corrected chi connectivity index (χ3v) is 3.04. The van der Waals surface area contributed by atoms with Crippen molar-refractivity contribution in [3.05, 3.63) is 72.7 Å². The Morgan fingerprint density at radius 3 is 2.64 bits per heavy atom. The van der Waals surface area contributed by atoms with Gasteiger partial charge in [-0.1, -0.05) is 4.73 Å². The molecule has 0 radical (unpaired) electrons. The van der Waals surface area contributed by atoms with Crippen molar-refractivity contribution in [1.82, 2.24) is 9.55 Å². The summed E-state index contributed by atoms with van der Waals surface area (Å²) in [5, 5.41) is 12.6. The molecule has 2 aromatic heterocycles. The quantitative estimate of drug-likeness (QED) is 0.572. The number of amides is 1. The van der Waals surface area contributed by atoms with Gasteiger partial charge in [0.05, 0.1) is 11.8 Å². The molecule has 6 nitrogen and oxygen atoms in total. The number of anilines is 1. The molecule has 1 aromatic carbocycles. The van der Waals surface area contributed by atoms with Gasteiger partial charge < -0.3 is 10.5 Å². The molecule has 0 saturated heterocycles. The maximum absolute atomic E-state index is 12.8. The lowest BCUT2D eigenvalue weighted by Crippen LogP contribution is -2.36. The number of pyridine rings is 1. The summed E-state index contributed by atoms with van der Waals surface area (Å²) in [5.74, 6) is -0.349. The van der Waals surface area contributed by atoms with Crippen molar-refractivity contribution in [3.63, 3.8) is 0 Å². The van der Waals surface area contributed by atoms with E-state index in [2.05, 4.69) is 10.3 Å². The van der Waals surface area contributed by atoms with E-state index in [1.165, 1.54) is 36.8 Å². The normalized spacial score (nSPS) is 10.4. The number of rotatable bonds is 3. The fourth-order valence-electron chi connectivity index (χ4n) is 1.95. The van der Waals surface area contributed by atoms with Gasteiger partial charge in [-0.3, -0.25) is 4.79 Å². The molecular weight excluding hydrogens is 287 g/mol. The molecular formula is C15H12FN4O2+. The van der Waals surface area contributed by atoms with E-state index >= 15 is 0 Å². The van der Waals surface area contributed by atoms with Gasteiger partial charge in [-0.25, -0.2) is 9.37 Å². The first-order valence-corrected chi connectivity index (χ1v) is 6.44. The minimum atomic E-state index is -0.411. The van der Waals surface area contributed by atoms with Gasteiger partial charge in [-0.2, -0.15) is 4.57 Å². The third kappa shape index (κ3) is 2.78. The number of benzene rings is 1. The Labute approximate surface area is 125 Å². The van der Waals surface area contributed by atoms with Crippen LogP contribution in [0.5, 0.6) is 0 Å². The Balaban J connectivity index is 1.81. The van der Waals surface area contributed by atoms with E-state index in [1.54, 1.807) is 29.1 Å². The van der Waals surface area contributed by atoms with Crippen LogP contribution in [-0.4, -0.2) is 20.7 Å². The topological polar surface area (TPSA) is 71.0 Å². The summed E-state index contributed by atoms with van der Waals surface area (Å²) in [6.07, 6.45) is 6.06. The van der Waals surface area contributed by atoms with E-state index in [-0.39, 0.29) is 11.4 Å². The number of nitrogens with one attached hydrogen (secondary N) is 1. The molecule has 3 rings (SSSR count). The monoisotopic (exact) mass is 299 g/mol. The van der Waals surface area contributed by atoms with E-state index in [0.29, 0.717) is 11.5 Å². The van der Waals surface area contributed by atoms with Crippen LogP contribution in [0, 0.1) is 5.82 Å². The zero-order chi connectivity index (χ0) is 15.5. The number of halogens is 1. The summed E-state index contributed by atoms with van der Waals surface area (Å²) in [4.78, 5) is 16.0. The molecule has 0 unspecified atom stereocenters. The molecule has 22 heavy (non-hydrogen) atoms. The maximum atomic E-state index is 12.8. The van der Waals surface area contributed by atoms with E-state index in [9.17, 15) is 14.4 Å². The SMILES string of the molecule is O=C(Nc1ccc(F)cc1)c1ccc(-n2ccnc2)[n+](O)c1. The third-order valence-electron chi connectivity index (χ3n) is 3.04. The van der Waals surface area contributed by atoms with Crippen LogP contribution in [0.2, 0.25) is 0 Å². The smallest absolute Gasteiger partial charge is 0.326 e. The molecule has 0 fully saturated rings. The second-order valence-electron chi connectivity index (χ2n) is 4.55. The highest BCUT2D eigenvalue weighted by Gasteiger charge is 2.15. The molecule has 2 N–H and O–H groups in total. The molecule has 2 heterocycles. The Kier molecular flexibility index (Phi) is 3.53. The molecule has 0 aliphatic rings. The number of carbonyl (C=O) groups is 1. The standard InChI is InChI=1S/C15H11FN4O2/c16-12-2-4-13(5-3-12)18-15(21)11-1-6-14(20(22)9-11)19-8-7-17-10-19/h1-10H,(H-,18,21,22)/p+1. The first-order chi connectivity index (χ1) is 10.6. The van der Waals surface area contributed by atoms with Gasteiger partial charge in [-0.15, -0.1) is 0 Å². The van der Waals surface area contributed by atoms with Crippen molar-refractivity contribution >= 4 is 11.6 Å². The average Bonchev–Trinajstić information content (AvgIpc) is 3.03. The summed E-state index contributed by atoms with van der Waals surface area (Å²) in [7, 11) is 0. The predicted octanol–water partition coefficient (Wildman–Crippen LogP) is 1.79. The van der Waals surface area contributed by atoms with E-state index in [0.717, 1.165) is 4.73 Å². The number of hydrogen-bond donors (Lipinski definition) is 2. The van der Waals surface area contributed by atoms with Crippen LogP contribution >= 0.6 is 0 Å². The fraction of sp³-hybridized carbons (Fsp3) is 0. The molecule has 0 atom stereocenters. The Morgan fingerprint density at radius 1 is 1.23 bits per heavy atom. The van der Waals surface area contributed by atoms with Crippen molar-refractivity contribution in [2.75, 3.05) is 5.32 Å². The van der Waals surface area contributed by atoms with Crippen molar-refractivity contribution in [2.45, 2.75) is 0 Å². The van der Waals surface area contributed by atoms with Gasteiger partial charge in [0.1, 0.15) is 18.2 Å². The lowest BCUT2D eigenvalue weighted by Gasteiger charge is -2.05. The van der Waals surface area contributed by atoms with Gasteiger partial charge in [0.15, 0.2) is 6.33 Å². The summed E-state index contributed by atoms with van der Waals surface area (Å²) in [5.41, 5.74) is 0.727. The van der Waals surface area contributed by atoms with Crippen LogP contribution in [-0.2, 0) is 0 Å². The molecule has 0 aliphatic carbocycles. The van der Waals surface area contributed by atoms with Crippen LogP contribution < -0.4 is 10.0 Å². The van der Waals surface area contributed by atoms with E-state index < -0.39 is 5.91 Å². The van der Waals surface area contributed by atoms with Crippen molar-refractivity contribution in [1.29, 1.82) is 0 Å². The fourth-order valence-corrected chi connectivity index (χ4v) is 1.95. The highest BCUT2D eigenvalue weighted by atomic mass is 19.1.